The van der Waals surface area contributed by atoms with Crippen LogP contribution in [0.2, 0.25) is 0 Å². The van der Waals surface area contributed by atoms with E-state index in [1.165, 1.54) is 31.4 Å². The molecule has 0 atom stereocenters. The summed E-state index contributed by atoms with van der Waals surface area (Å²) in [7, 11) is 0. The predicted molar refractivity (Wildman–Crippen MR) is 81.3 cm³/mol. The van der Waals surface area contributed by atoms with E-state index in [1.54, 1.807) is 0 Å². The fourth-order valence-electron chi connectivity index (χ4n) is 2.82. The summed E-state index contributed by atoms with van der Waals surface area (Å²) in [5, 5.41) is 4.79. The van der Waals surface area contributed by atoms with Gasteiger partial charge in [-0.2, -0.15) is 0 Å². The third kappa shape index (κ3) is 3.11. The zero-order chi connectivity index (χ0) is 13.1. The fraction of sp³-hybridized carbons (Fsp3) is 0.600. The molecular weight excluding hydrogens is 254 g/mol. The third-order valence-electron chi connectivity index (χ3n) is 4.20. The molecule has 1 spiro atoms. The van der Waals surface area contributed by atoms with Crippen molar-refractivity contribution in [3.05, 3.63) is 30.1 Å². The average molecular weight is 275 g/mol. The summed E-state index contributed by atoms with van der Waals surface area (Å²) >= 11 is 1.88. The zero-order valence-electron chi connectivity index (χ0n) is 11.4. The molecule has 0 unspecified atom stereocenters. The van der Waals surface area contributed by atoms with E-state index in [0.717, 1.165) is 16.8 Å². The van der Waals surface area contributed by atoms with E-state index >= 15 is 0 Å². The minimum atomic E-state index is 0.333. The predicted octanol–water partition coefficient (Wildman–Crippen LogP) is 3.22. The van der Waals surface area contributed by atoms with Crippen LogP contribution in [0.5, 0.6) is 0 Å². The number of amidine groups is 1. The lowest BCUT2D eigenvalue weighted by molar-refractivity contribution is 0.251. The van der Waals surface area contributed by atoms with Crippen molar-refractivity contribution < 1.29 is 0 Å². The number of thioether (sulfide) groups is 1. The summed E-state index contributed by atoms with van der Waals surface area (Å²) in [6.07, 6.45) is 7.12. The number of aliphatic imine (C=N–C) groups is 1. The Bertz CT molecular complexity index is 450. The smallest absolute Gasteiger partial charge is 0.157 e. The van der Waals surface area contributed by atoms with Crippen LogP contribution in [0.15, 0.2) is 29.4 Å². The van der Waals surface area contributed by atoms with Crippen molar-refractivity contribution in [3.63, 3.8) is 0 Å². The van der Waals surface area contributed by atoms with Gasteiger partial charge in [-0.05, 0) is 43.7 Å². The molecule has 1 aliphatic heterocycles. The summed E-state index contributed by atoms with van der Waals surface area (Å²) in [6.45, 7) is 3.05. The van der Waals surface area contributed by atoms with Crippen LogP contribution in [0, 0.1) is 5.92 Å². The van der Waals surface area contributed by atoms with Crippen molar-refractivity contribution >= 4 is 16.9 Å². The van der Waals surface area contributed by atoms with Crippen LogP contribution < -0.4 is 5.32 Å². The van der Waals surface area contributed by atoms with E-state index in [4.69, 9.17) is 0 Å². The molecule has 3 rings (SSSR count). The highest BCUT2D eigenvalue weighted by molar-refractivity contribution is 8.14. The van der Waals surface area contributed by atoms with Crippen molar-refractivity contribution in [2.45, 2.75) is 44.7 Å². The van der Waals surface area contributed by atoms with E-state index in [-0.39, 0.29) is 0 Å². The van der Waals surface area contributed by atoms with Gasteiger partial charge in [0.05, 0.1) is 12.2 Å². The molecule has 0 amide bonds. The van der Waals surface area contributed by atoms with Gasteiger partial charge in [0.25, 0.3) is 0 Å². The van der Waals surface area contributed by atoms with Gasteiger partial charge in [-0.1, -0.05) is 24.8 Å². The van der Waals surface area contributed by atoms with Crippen molar-refractivity contribution in [3.8, 4) is 0 Å². The van der Waals surface area contributed by atoms with Gasteiger partial charge < -0.3 is 5.32 Å². The van der Waals surface area contributed by atoms with Gasteiger partial charge in [-0.3, -0.25) is 9.98 Å². The molecule has 1 aliphatic carbocycles. The normalized spacial score (nSPS) is 32.7. The van der Waals surface area contributed by atoms with E-state index in [0.29, 0.717) is 12.1 Å². The Hall–Kier alpha value is -1.03. The first-order valence-electron chi connectivity index (χ1n) is 7.11. The number of hydrogen-bond donors (Lipinski definition) is 1. The van der Waals surface area contributed by atoms with Gasteiger partial charge >= 0.3 is 0 Å². The number of nitrogens with one attached hydrogen (secondary N) is 1. The zero-order valence-corrected chi connectivity index (χ0v) is 12.2. The first-order valence-corrected chi connectivity index (χ1v) is 8.10. The molecule has 2 heterocycles. The highest BCUT2D eigenvalue weighted by atomic mass is 32.2. The minimum Gasteiger partial charge on any atom is -0.359 e. The molecular formula is C15H21N3S. The van der Waals surface area contributed by atoms with E-state index in [9.17, 15) is 0 Å². The third-order valence-corrected chi connectivity index (χ3v) is 5.40. The molecule has 0 radical (unpaired) electrons. The Morgan fingerprint density at radius 3 is 3.00 bits per heavy atom. The number of pyridine rings is 1. The Balaban J connectivity index is 1.59. The number of rotatable bonds is 2. The van der Waals surface area contributed by atoms with Crippen molar-refractivity contribution in [2.24, 2.45) is 10.9 Å². The Morgan fingerprint density at radius 1 is 1.42 bits per heavy atom. The second-order valence-corrected chi connectivity index (χ2v) is 6.78. The molecule has 1 aromatic heterocycles. The molecule has 1 aromatic rings. The first kappa shape index (κ1) is 13.0. The topological polar surface area (TPSA) is 37.3 Å². The lowest BCUT2D eigenvalue weighted by Gasteiger charge is -2.35. The molecule has 19 heavy (non-hydrogen) atoms. The van der Waals surface area contributed by atoms with Crippen molar-refractivity contribution in [2.75, 3.05) is 5.75 Å². The maximum atomic E-state index is 4.67. The van der Waals surface area contributed by atoms with Crippen LogP contribution in [-0.4, -0.2) is 21.4 Å². The molecule has 102 valence electrons. The van der Waals surface area contributed by atoms with E-state index in [1.807, 2.05) is 36.2 Å². The molecule has 1 saturated carbocycles. The van der Waals surface area contributed by atoms with Gasteiger partial charge in [0.1, 0.15) is 0 Å². The quantitative estimate of drug-likeness (QED) is 0.900. The number of nitrogens with zero attached hydrogens (tertiary/aromatic N) is 2. The molecule has 4 heteroatoms. The molecule has 1 saturated heterocycles. The lowest BCUT2D eigenvalue weighted by atomic mass is 9.78. The Labute approximate surface area is 119 Å². The van der Waals surface area contributed by atoms with E-state index < -0.39 is 0 Å². The second-order valence-electron chi connectivity index (χ2n) is 5.82. The maximum Gasteiger partial charge on any atom is 0.157 e. The Kier molecular flexibility index (Phi) is 3.78. The largest absolute Gasteiger partial charge is 0.359 e. The monoisotopic (exact) mass is 275 g/mol. The van der Waals surface area contributed by atoms with Gasteiger partial charge in [0.2, 0.25) is 0 Å². The van der Waals surface area contributed by atoms with Crippen LogP contribution in [0.1, 0.15) is 38.3 Å². The fourth-order valence-corrected chi connectivity index (χ4v) is 4.04. The average Bonchev–Trinajstić information content (AvgIpc) is 2.85. The molecule has 1 N–H and O–H groups in total. The summed E-state index contributed by atoms with van der Waals surface area (Å²) in [5.74, 6) is 2.08. The van der Waals surface area contributed by atoms with Gasteiger partial charge in [-0.15, -0.1) is 0 Å². The molecule has 0 bridgehead atoms. The first-order chi connectivity index (χ1) is 9.26. The summed E-state index contributed by atoms with van der Waals surface area (Å²) in [4.78, 5) is 8.98. The number of hydrogen-bond acceptors (Lipinski definition) is 3. The molecule has 2 aliphatic rings. The minimum absolute atomic E-state index is 0.333. The van der Waals surface area contributed by atoms with Crippen LogP contribution in [0.3, 0.4) is 0 Å². The highest BCUT2D eigenvalue weighted by Gasteiger charge is 2.39. The van der Waals surface area contributed by atoms with Crippen molar-refractivity contribution in [1.82, 2.24) is 10.3 Å². The molecule has 3 nitrogen and oxygen atoms in total. The summed E-state index contributed by atoms with van der Waals surface area (Å²) in [6, 6.07) is 5.99. The maximum absolute atomic E-state index is 4.67. The standard InChI is InChI=1S/C15H21N3S/c1-12-5-7-15(8-6-12)11-19-14(18-15)17-10-13-4-2-3-9-16-13/h2-4,9,12H,5-8,10-11H2,1H3,(H,17,18). The lowest BCUT2D eigenvalue weighted by Crippen LogP contribution is -2.46. The summed E-state index contributed by atoms with van der Waals surface area (Å²) in [5.41, 5.74) is 1.37. The second kappa shape index (κ2) is 5.53. The van der Waals surface area contributed by atoms with Crippen LogP contribution >= 0.6 is 11.8 Å². The van der Waals surface area contributed by atoms with Gasteiger partial charge in [0.15, 0.2) is 5.17 Å². The molecule has 0 aromatic carbocycles. The SMILES string of the molecule is CC1CCC2(CC1)CSC(=NCc1ccccn1)N2. The van der Waals surface area contributed by atoms with Gasteiger partial charge in [-0.25, -0.2) is 0 Å². The van der Waals surface area contributed by atoms with Crippen LogP contribution in [0.25, 0.3) is 0 Å². The van der Waals surface area contributed by atoms with Crippen LogP contribution in [0.4, 0.5) is 0 Å². The Morgan fingerprint density at radius 2 is 2.26 bits per heavy atom. The number of aromatic nitrogens is 1. The van der Waals surface area contributed by atoms with Crippen LogP contribution in [-0.2, 0) is 6.54 Å². The highest BCUT2D eigenvalue weighted by Crippen LogP contribution is 2.38. The van der Waals surface area contributed by atoms with Crippen molar-refractivity contribution in [1.29, 1.82) is 0 Å². The molecule has 2 fully saturated rings. The summed E-state index contributed by atoms with van der Waals surface area (Å²) < 4.78 is 0. The van der Waals surface area contributed by atoms with E-state index in [2.05, 4.69) is 22.2 Å². The van der Waals surface area contributed by atoms with Gasteiger partial charge in [0, 0.05) is 17.5 Å².